The van der Waals surface area contributed by atoms with E-state index in [-0.39, 0.29) is 17.9 Å². The van der Waals surface area contributed by atoms with Gasteiger partial charge in [-0.15, -0.1) is 0 Å². The first kappa shape index (κ1) is 16.4. The fourth-order valence-corrected chi connectivity index (χ4v) is 4.09. The van der Waals surface area contributed by atoms with Gasteiger partial charge in [0.1, 0.15) is 11.6 Å². The topological polar surface area (TPSA) is 97.0 Å². The summed E-state index contributed by atoms with van der Waals surface area (Å²) in [6, 6.07) is 0. The van der Waals surface area contributed by atoms with Crippen molar-refractivity contribution >= 4 is 5.82 Å². The molecule has 3 atom stereocenters. The lowest BCUT2D eigenvalue weighted by Crippen LogP contribution is -2.23. The van der Waals surface area contributed by atoms with Crippen LogP contribution in [0.15, 0.2) is 4.52 Å². The van der Waals surface area contributed by atoms with Gasteiger partial charge in [-0.3, -0.25) is 0 Å². The third-order valence-electron chi connectivity index (χ3n) is 5.38. The van der Waals surface area contributed by atoms with Crippen molar-refractivity contribution in [3.05, 3.63) is 28.8 Å². The highest BCUT2D eigenvalue weighted by Gasteiger charge is 2.36. The molecule has 134 valence electrons. The van der Waals surface area contributed by atoms with Crippen LogP contribution in [0.1, 0.15) is 60.4 Å². The number of rotatable bonds is 4. The molecule has 25 heavy (non-hydrogen) atoms. The van der Waals surface area contributed by atoms with Crippen molar-refractivity contribution in [2.75, 3.05) is 11.9 Å². The Balaban J connectivity index is 1.44. The summed E-state index contributed by atoms with van der Waals surface area (Å²) in [6.07, 6.45) is 5.64. The summed E-state index contributed by atoms with van der Waals surface area (Å²) in [6.45, 7) is 4.46. The van der Waals surface area contributed by atoms with Crippen LogP contribution in [-0.2, 0) is 12.8 Å². The fourth-order valence-electron chi connectivity index (χ4n) is 4.09. The van der Waals surface area contributed by atoms with Gasteiger partial charge < -0.3 is 14.9 Å². The molecule has 0 saturated heterocycles. The van der Waals surface area contributed by atoms with E-state index in [0.717, 1.165) is 30.9 Å². The van der Waals surface area contributed by atoms with Gasteiger partial charge in [0.2, 0.25) is 5.89 Å². The molecule has 2 N–H and O–H groups in total. The molecule has 7 nitrogen and oxygen atoms in total. The van der Waals surface area contributed by atoms with Crippen LogP contribution in [-0.4, -0.2) is 37.9 Å². The zero-order valence-electron chi connectivity index (χ0n) is 14.8. The van der Waals surface area contributed by atoms with E-state index in [0.29, 0.717) is 24.7 Å². The number of hydrogen-bond acceptors (Lipinski definition) is 7. The average molecular weight is 343 g/mol. The molecule has 0 aliphatic heterocycles. The molecule has 2 heterocycles. The molecule has 7 heteroatoms. The molecule has 2 aliphatic carbocycles. The predicted octanol–water partition coefficient (Wildman–Crippen LogP) is 2.32. The van der Waals surface area contributed by atoms with E-state index >= 15 is 0 Å². The molecule has 1 fully saturated rings. The Kier molecular flexibility index (Phi) is 4.41. The molecular weight excluding hydrogens is 318 g/mol. The van der Waals surface area contributed by atoms with Gasteiger partial charge in [-0.1, -0.05) is 5.16 Å². The first-order valence-corrected chi connectivity index (χ1v) is 9.18. The SMILES string of the molecule is Cc1noc([C@H]2C[C@H](CNc3nc(C)nc4c3CCCC4)[C@H](O)C2)n1. The predicted molar refractivity (Wildman–Crippen MR) is 92.4 cm³/mol. The van der Waals surface area contributed by atoms with Crippen LogP contribution in [0.2, 0.25) is 0 Å². The molecule has 0 radical (unpaired) electrons. The van der Waals surface area contributed by atoms with Gasteiger partial charge in [0.15, 0.2) is 5.82 Å². The zero-order chi connectivity index (χ0) is 17.4. The smallest absolute Gasteiger partial charge is 0.229 e. The second-order valence-electron chi connectivity index (χ2n) is 7.31. The van der Waals surface area contributed by atoms with Gasteiger partial charge in [-0.2, -0.15) is 4.98 Å². The molecule has 0 amide bonds. The van der Waals surface area contributed by atoms with E-state index in [1.807, 2.05) is 13.8 Å². The number of fused-ring (bicyclic) bond motifs is 1. The van der Waals surface area contributed by atoms with Crippen molar-refractivity contribution in [2.45, 2.75) is 64.4 Å². The molecule has 0 unspecified atom stereocenters. The van der Waals surface area contributed by atoms with Crippen LogP contribution in [0, 0.1) is 19.8 Å². The van der Waals surface area contributed by atoms with Crippen LogP contribution in [0.25, 0.3) is 0 Å². The monoisotopic (exact) mass is 343 g/mol. The number of aliphatic hydroxyl groups excluding tert-OH is 1. The third kappa shape index (κ3) is 3.38. The Hall–Kier alpha value is -2.02. The van der Waals surface area contributed by atoms with Gasteiger partial charge in [-0.05, 0) is 52.4 Å². The normalized spacial score (nSPS) is 25.8. The molecule has 0 spiro atoms. The number of anilines is 1. The summed E-state index contributed by atoms with van der Waals surface area (Å²) in [5.74, 6) is 3.36. The van der Waals surface area contributed by atoms with Gasteiger partial charge in [-0.25, -0.2) is 9.97 Å². The third-order valence-corrected chi connectivity index (χ3v) is 5.38. The number of aromatic nitrogens is 4. The second kappa shape index (κ2) is 6.71. The lowest BCUT2D eigenvalue weighted by atomic mass is 9.96. The number of nitrogens with zero attached hydrogens (tertiary/aromatic N) is 4. The molecule has 1 saturated carbocycles. The van der Waals surface area contributed by atoms with Crippen LogP contribution in [0.5, 0.6) is 0 Å². The Morgan fingerprint density at radius 1 is 1.08 bits per heavy atom. The minimum absolute atomic E-state index is 0.143. The Labute approximate surface area is 147 Å². The highest BCUT2D eigenvalue weighted by Crippen LogP contribution is 2.38. The van der Waals surface area contributed by atoms with Crippen molar-refractivity contribution in [3.63, 3.8) is 0 Å². The molecule has 2 aliphatic rings. The zero-order valence-corrected chi connectivity index (χ0v) is 14.8. The maximum absolute atomic E-state index is 10.4. The van der Waals surface area contributed by atoms with Crippen LogP contribution in [0.4, 0.5) is 5.82 Å². The van der Waals surface area contributed by atoms with Gasteiger partial charge in [0.25, 0.3) is 0 Å². The average Bonchev–Trinajstić information content (AvgIpc) is 3.18. The maximum Gasteiger partial charge on any atom is 0.229 e. The number of aliphatic hydroxyl groups is 1. The number of hydrogen-bond donors (Lipinski definition) is 2. The van der Waals surface area contributed by atoms with Crippen LogP contribution < -0.4 is 5.32 Å². The van der Waals surface area contributed by atoms with E-state index in [1.54, 1.807) is 0 Å². The Morgan fingerprint density at radius 2 is 1.92 bits per heavy atom. The Morgan fingerprint density at radius 3 is 2.72 bits per heavy atom. The first-order chi connectivity index (χ1) is 12.1. The van der Waals surface area contributed by atoms with E-state index < -0.39 is 0 Å². The summed E-state index contributed by atoms with van der Waals surface area (Å²) >= 11 is 0. The Bertz CT molecular complexity index is 760. The first-order valence-electron chi connectivity index (χ1n) is 9.18. The van der Waals surface area contributed by atoms with E-state index in [2.05, 4.69) is 25.4 Å². The fraction of sp³-hybridized carbons (Fsp3) is 0.667. The van der Waals surface area contributed by atoms with Crippen molar-refractivity contribution in [1.82, 2.24) is 20.1 Å². The lowest BCUT2D eigenvalue weighted by Gasteiger charge is -2.21. The minimum atomic E-state index is -0.358. The minimum Gasteiger partial charge on any atom is -0.393 e. The quantitative estimate of drug-likeness (QED) is 0.879. The van der Waals surface area contributed by atoms with E-state index in [9.17, 15) is 5.11 Å². The summed E-state index contributed by atoms with van der Waals surface area (Å²) in [5.41, 5.74) is 2.45. The number of aryl methyl sites for hydroxylation is 3. The largest absolute Gasteiger partial charge is 0.393 e. The number of nitrogens with one attached hydrogen (secondary N) is 1. The second-order valence-corrected chi connectivity index (χ2v) is 7.31. The van der Waals surface area contributed by atoms with E-state index in [4.69, 9.17) is 4.52 Å². The molecule has 0 bridgehead atoms. The molecular formula is C18H25N5O2. The van der Waals surface area contributed by atoms with Gasteiger partial charge in [0.05, 0.1) is 6.10 Å². The summed E-state index contributed by atoms with van der Waals surface area (Å²) < 4.78 is 5.28. The molecule has 0 aromatic carbocycles. The standard InChI is InChI=1S/C18H25N5O2/c1-10-20-15-6-4-3-5-14(15)17(21-10)19-9-13-7-12(8-16(13)24)18-22-11(2)23-25-18/h12-13,16,24H,3-9H2,1-2H3,(H,19,20,21)/t12-,13+,16+/m0/s1. The highest BCUT2D eigenvalue weighted by atomic mass is 16.5. The van der Waals surface area contributed by atoms with E-state index in [1.165, 1.54) is 24.1 Å². The molecule has 2 aromatic heterocycles. The van der Waals surface area contributed by atoms with Crippen molar-refractivity contribution < 1.29 is 9.63 Å². The van der Waals surface area contributed by atoms with Gasteiger partial charge >= 0.3 is 0 Å². The lowest BCUT2D eigenvalue weighted by molar-refractivity contribution is 0.137. The maximum atomic E-state index is 10.4. The van der Waals surface area contributed by atoms with Crippen molar-refractivity contribution in [1.29, 1.82) is 0 Å². The summed E-state index contributed by atoms with van der Waals surface area (Å²) in [5, 5.41) is 17.8. The van der Waals surface area contributed by atoms with Crippen molar-refractivity contribution in [2.24, 2.45) is 5.92 Å². The summed E-state index contributed by atoms with van der Waals surface area (Å²) in [7, 11) is 0. The van der Waals surface area contributed by atoms with Crippen molar-refractivity contribution in [3.8, 4) is 0 Å². The highest BCUT2D eigenvalue weighted by molar-refractivity contribution is 5.48. The molecule has 2 aromatic rings. The summed E-state index contributed by atoms with van der Waals surface area (Å²) in [4.78, 5) is 13.5. The van der Waals surface area contributed by atoms with Crippen LogP contribution in [0.3, 0.4) is 0 Å². The van der Waals surface area contributed by atoms with Crippen LogP contribution >= 0.6 is 0 Å². The van der Waals surface area contributed by atoms with Gasteiger partial charge in [0, 0.05) is 29.6 Å². The molecule has 4 rings (SSSR count).